The molecule has 2 fully saturated rings. The molecule has 3 aromatic rings. The highest BCUT2D eigenvalue weighted by Crippen LogP contribution is 2.49. The molecule has 30 heavy (non-hydrogen) atoms. The number of rotatable bonds is 4. The Balaban J connectivity index is 1.70. The quantitative estimate of drug-likeness (QED) is 0.470. The molecule has 0 aromatic heterocycles. The minimum absolute atomic E-state index is 0.204. The monoisotopic (exact) mass is 396 g/mol. The standard InChI is InChI=1S/C28H32N2/c1-21-13-9-12-20-26(21)29-22(2)27(23-14-10-11-15-23)30(25-18-7-4-8-19-25)28(29)24-16-5-3-6-17-24/h3-9,12-13,16-20,22-23,27-28H,10-11,14-15H2,1-2H3/t22-,27?,28?/m0/s1. The largest absolute Gasteiger partial charge is 0.342 e. The lowest BCUT2D eigenvalue weighted by molar-refractivity contribution is 0.403. The maximum Gasteiger partial charge on any atom is 0.129 e. The third-order valence-electron chi connectivity index (χ3n) is 7.21. The number of aryl methyl sites for hydroxylation is 1. The Kier molecular flexibility index (Phi) is 5.25. The van der Waals surface area contributed by atoms with Crippen LogP contribution in [0.2, 0.25) is 0 Å². The van der Waals surface area contributed by atoms with Crippen molar-refractivity contribution in [3.63, 3.8) is 0 Å². The SMILES string of the molecule is Cc1ccccc1N1C(c2ccccc2)N(c2ccccc2)C(C2CCCC2)[C@@H]1C. The number of hydrogen-bond acceptors (Lipinski definition) is 2. The van der Waals surface area contributed by atoms with E-state index in [1.807, 2.05) is 0 Å². The van der Waals surface area contributed by atoms with E-state index in [1.165, 1.54) is 48.2 Å². The molecule has 0 radical (unpaired) electrons. The van der Waals surface area contributed by atoms with Gasteiger partial charge in [0.1, 0.15) is 6.17 Å². The zero-order valence-electron chi connectivity index (χ0n) is 18.1. The van der Waals surface area contributed by atoms with Crippen LogP contribution in [0.1, 0.15) is 49.9 Å². The second-order valence-corrected chi connectivity index (χ2v) is 9.00. The zero-order valence-corrected chi connectivity index (χ0v) is 18.1. The molecule has 3 aromatic carbocycles. The van der Waals surface area contributed by atoms with E-state index in [0.717, 1.165) is 5.92 Å². The molecule has 0 N–H and O–H groups in total. The summed E-state index contributed by atoms with van der Waals surface area (Å²) in [6.07, 6.45) is 5.65. The highest BCUT2D eigenvalue weighted by Gasteiger charge is 2.49. The van der Waals surface area contributed by atoms with Crippen LogP contribution in [0, 0.1) is 12.8 Å². The Morgan fingerprint density at radius 3 is 1.97 bits per heavy atom. The fourth-order valence-electron chi connectivity index (χ4n) is 5.90. The van der Waals surface area contributed by atoms with Gasteiger partial charge < -0.3 is 9.80 Å². The number of anilines is 2. The Morgan fingerprint density at radius 1 is 0.700 bits per heavy atom. The van der Waals surface area contributed by atoms with Crippen molar-refractivity contribution in [1.82, 2.24) is 0 Å². The van der Waals surface area contributed by atoms with Crippen molar-refractivity contribution in [2.24, 2.45) is 5.92 Å². The molecule has 0 spiro atoms. The van der Waals surface area contributed by atoms with Crippen molar-refractivity contribution in [2.45, 2.75) is 57.8 Å². The lowest BCUT2D eigenvalue weighted by Gasteiger charge is -2.36. The molecule has 2 nitrogen and oxygen atoms in total. The van der Waals surface area contributed by atoms with Gasteiger partial charge in [-0.2, -0.15) is 0 Å². The average Bonchev–Trinajstić information content (AvgIpc) is 3.41. The minimum Gasteiger partial charge on any atom is -0.342 e. The summed E-state index contributed by atoms with van der Waals surface area (Å²) in [5.74, 6) is 0.750. The summed E-state index contributed by atoms with van der Waals surface area (Å²) in [6, 6.07) is 32.0. The van der Waals surface area contributed by atoms with Crippen LogP contribution in [0.25, 0.3) is 0 Å². The predicted molar refractivity (Wildman–Crippen MR) is 127 cm³/mol. The van der Waals surface area contributed by atoms with Crippen molar-refractivity contribution in [3.05, 3.63) is 96.1 Å². The van der Waals surface area contributed by atoms with Gasteiger partial charge in [0.15, 0.2) is 0 Å². The molecular formula is C28H32N2. The van der Waals surface area contributed by atoms with E-state index in [1.54, 1.807) is 0 Å². The van der Waals surface area contributed by atoms with Crippen LogP contribution in [0.15, 0.2) is 84.9 Å². The van der Waals surface area contributed by atoms with Crippen molar-refractivity contribution in [2.75, 3.05) is 9.80 Å². The predicted octanol–water partition coefficient (Wildman–Crippen LogP) is 6.97. The molecule has 5 rings (SSSR count). The molecule has 1 aliphatic heterocycles. The highest BCUT2D eigenvalue weighted by molar-refractivity contribution is 5.64. The van der Waals surface area contributed by atoms with Crippen LogP contribution in [0.3, 0.4) is 0 Å². The summed E-state index contributed by atoms with van der Waals surface area (Å²) in [7, 11) is 0. The Bertz CT molecular complexity index is 962. The third kappa shape index (κ3) is 3.29. The number of nitrogens with zero attached hydrogens (tertiary/aromatic N) is 2. The van der Waals surface area contributed by atoms with Crippen LogP contribution in [0.5, 0.6) is 0 Å². The van der Waals surface area contributed by atoms with E-state index < -0.39 is 0 Å². The van der Waals surface area contributed by atoms with E-state index in [9.17, 15) is 0 Å². The summed E-state index contributed by atoms with van der Waals surface area (Å²) >= 11 is 0. The van der Waals surface area contributed by atoms with Crippen LogP contribution >= 0.6 is 0 Å². The molecule has 2 heteroatoms. The van der Waals surface area contributed by atoms with Gasteiger partial charge in [-0.1, -0.05) is 79.6 Å². The first kappa shape index (κ1) is 19.2. The Labute approximate surface area is 181 Å². The fourth-order valence-corrected chi connectivity index (χ4v) is 5.90. The first-order chi connectivity index (χ1) is 14.8. The molecule has 0 amide bonds. The van der Waals surface area contributed by atoms with Gasteiger partial charge in [-0.25, -0.2) is 0 Å². The van der Waals surface area contributed by atoms with E-state index in [0.29, 0.717) is 12.1 Å². The van der Waals surface area contributed by atoms with Crippen LogP contribution in [-0.2, 0) is 0 Å². The minimum atomic E-state index is 0.204. The molecule has 1 aliphatic carbocycles. The second-order valence-electron chi connectivity index (χ2n) is 9.00. The third-order valence-corrected chi connectivity index (χ3v) is 7.21. The van der Waals surface area contributed by atoms with Gasteiger partial charge in [0, 0.05) is 17.4 Å². The van der Waals surface area contributed by atoms with Gasteiger partial charge in [0.05, 0.1) is 6.04 Å². The summed E-state index contributed by atoms with van der Waals surface area (Å²) in [6.45, 7) is 4.70. The van der Waals surface area contributed by atoms with Gasteiger partial charge in [0.2, 0.25) is 0 Å². The molecule has 3 atom stereocenters. The molecule has 154 valence electrons. The summed E-state index contributed by atoms with van der Waals surface area (Å²) in [4.78, 5) is 5.43. The summed E-state index contributed by atoms with van der Waals surface area (Å²) in [5.41, 5.74) is 5.42. The first-order valence-electron chi connectivity index (χ1n) is 11.5. The molecule has 2 unspecified atom stereocenters. The topological polar surface area (TPSA) is 6.48 Å². The molecule has 1 saturated heterocycles. The van der Waals surface area contributed by atoms with Crippen molar-refractivity contribution >= 4 is 11.4 Å². The fraction of sp³-hybridized carbons (Fsp3) is 0.357. The van der Waals surface area contributed by atoms with E-state index in [4.69, 9.17) is 0 Å². The number of benzene rings is 3. The number of para-hydroxylation sites is 2. The van der Waals surface area contributed by atoms with Crippen molar-refractivity contribution in [3.8, 4) is 0 Å². The maximum absolute atomic E-state index is 2.74. The van der Waals surface area contributed by atoms with Gasteiger partial charge >= 0.3 is 0 Å². The maximum atomic E-state index is 2.74. The Morgan fingerprint density at radius 2 is 1.30 bits per heavy atom. The van der Waals surface area contributed by atoms with Crippen molar-refractivity contribution < 1.29 is 0 Å². The second kappa shape index (κ2) is 8.18. The highest BCUT2D eigenvalue weighted by atomic mass is 15.5. The van der Waals surface area contributed by atoms with E-state index in [-0.39, 0.29) is 6.17 Å². The van der Waals surface area contributed by atoms with Crippen molar-refractivity contribution in [1.29, 1.82) is 0 Å². The van der Waals surface area contributed by atoms with Crippen LogP contribution in [0.4, 0.5) is 11.4 Å². The number of hydrogen-bond donors (Lipinski definition) is 0. The van der Waals surface area contributed by atoms with Gasteiger partial charge in [0.25, 0.3) is 0 Å². The summed E-state index contributed by atoms with van der Waals surface area (Å²) in [5, 5.41) is 0. The van der Waals surface area contributed by atoms with Crippen LogP contribution < -0.4 is 9.80 Å². The smallest absolute Gasteiger partial charge is 0.129 e. The normalized spacial score (nSPS) is 24.5. The van der Waals surface area contributed by atoms with E-state index in [2.05, 4.69) is 109 Å². The van der Waals surface area contributed by atoms with Crippen LogP contribution in [-0.4, -0.2) is 12.1 Å². The molecule has 2 aliphatic rings. The van der Waals surface area contributed by atoms with Gasteiger partial charge in [-0.05, 0) is 61.9 Å². The van der Waals surface area contributed by atoms with E-state index >= 15 is 0 Å². The molecule has 1 saturated carbocycles. The summed E-state index contributed by atoms with van der Waals surface area (Å²) < 4.78 is 0. The molecular weight excluding hydrogens is 364 g/mol. The average molecular weight is 397 g/mol. The lowest BCUT2D eigenvalue weighted by Crippen LogP contribution is -2.41. The Hall–Kier alpha value is -2.74. The first-order valence-corrected chi connectivity index (χ1v) is 11.5. The zero-order chi connectivity index (χ0) is 20.5. The lowest BCUT2D eigenvalue weighted by atomic mass is 9.91. The van der Waals surface area contributed by atoms with Gasteiger partial charge in [-0.15, -0.1) is 0 Å². The van der Waals surface area contributed by atoms with Gasteiger partial charge in [-0.3, -0.25) is 0 Å². The molecule has 0 bridgehead atoms. The molecule has 1 heterocycles.